The summed E-state index contributed by atoms with van der Waals surface area (Å²) in [6, 6.07) is 0. The molecule has 0 aliphatic heterocycles. The van der Waals surface area contributed by atoms with Crippen LogP contribution in [0.2, 0.25) is 0 Å². The molecule has 33 heavy (non-hydrogen) atoms. The number of rotatable bonds is 8. The summed E-state index contributed by atoms with van der Waals surface area (Å²) in [7, 11) is -17.4. The fourth-order valence-electron chi connectivity index (χ4n) is 1.31. The molecule has 0 unspecified atom stereocenters. The molecular weight excluding hydrogens is 580 g/mol. The maximum absolute atomic E-state index is 13.2. The first-order chi connectivity index (χ1) is 13.7. The van der Waals surface area contributed by atoms with E-state index in [1.807, 2.05) is 0 Å². The van der Waals surface area contributed by atoms with E-state index in [0.29, 0.717) is 0 Å². The maximum Gasteiger partial charge on any atom is 0.460 e. The summed E-state index contributed by atoms with van der Waals surface area (Å²) < 4.78 is 268. The van der Waals surface area contributed by atoms with Gasteiger partial charge in [0.15, 0.2) is 0 Å². The third-order valence-corrected chi connectivity index (χ3v) is 6.74. The van der Waals surface area contributed by atoms with Gasteiger partial charge in [0.2, 0.25) is 0 Å². The number of nitrogens with one attached hydrogen (secondary N) is 1. The number of sulfonamides is 2. The van der Waals surface area contributed by atoms with Crippen LogP contribution in [0.25, 0.3) is 0 Å². The molecule has 0 aliphatic rings. The lowest BCUT2D eigenvalue weighted by molar-refractivity contribution is -0.382. The molecule has 0 saturated carbocycles. The molecule has 0 fully saturated rings. The minimum Gasteiger partial charge on any atom is -0.205 e. The fraction of sp³-hybridized carbons (Fsp3) is 1.00. The maximum atomic E-state index is 13.2. The molecule has 0 aromatic carbocycles. The average molecular weight is 581 g/mol. The van der Waals surface area contributed by atoms with Crippen LogP contribution in [0.3, 0.4) is 0 Å². The van der Waals surface area contributed by atoms with E-state index in [2.05, 4.69) is 0 Å². The molecule has 0 saturated heterocycles. The Morgan fingerprint density at radius 1 is 0.364 bits per heavy atom. The van der Waals surface area contributed by atoms with Crippen LogP contribution in [0.15, 0.2) is 0 Å². The molecule has 0 spiro atoms. The van der Waals surface area contributed by atoms with Crippen molar-refractivity contribution in [3.8, 4) is 0 Å². The van der Waals surface area contributed by atoms with Gasteiger partial charge < -0.3 is 0 Å². The van der Waals surface area contributed by atoms with Crippen molar-refractivity contribution in [3.05, 3.63) is 0 Å². The highest BCUT2D eigenvalue weighted by Crippen LogP contribution is 2.56. The molecule has 0 aliphatic carbocycles. The Bertz CT molecular complexity index is 880. The van der Waals surface area contributed by atoms with Gasteiger partial charge in [-0.3, -0.25) is 0 Å². The second kappa shape index (κ2) is 7.55. The molecule has 25 heteroatoms. The zero-order valence-corrected chi connectivity index (χ0v) is 15.4. The zero-order chi connectivity index (χ0) is 27.7. The second-order valence-electron chi connectivity index (χ2n) is 5.42. The van der Waals surface area contributed by atoms with E-state index >= 15 is 0 Å². The van der Waals surface area contributed by atoms with Gasteiger partial charge in [-0.25, -0.2) is 16.8 Å². The predicted octanol–water partition coefficient (Wildman–Crippen LogP) is 4.09. The molecule has 0 amide bonds. The molecule has 0 bridgehead atoms. The number of alkyl halides is 18. The van der Waals surface area contributed by atoms with E-state index < -0.39 is 70.7 Å². The third-order valence-electron chi connectivity index (χ3n) is 3.13. The lowest BCUT2D eigenvalue weighted by Gasteiger charge is -2.34. The lowest BCUT2D eigenvalue weighted by atomic mass is 10.1. The van der Waals surface area contributed by atoms with Gasteiger partial charge >= 0.3 is 46.6 Å². The van der Waals surface area contributed by atoms with Gasteiger partial charge in [-0.1, -0.05) is 4.13 Å². The Morgan fingerprint density at radius 3 is 0.697 bits per heavy atom. The van der Waals surface area contributed by atoms with Crippen LogP contribution in [0.5, 0.6) is 0 Å². The van der Waals surface area contributed by atoms with Crippen molar-refractivity contribution < 1.29 is 95.9 Å². The summed E-state index contributed by atoms with van der Waals surface area (Å²) >= 11 is 0. The third kappa shape index (κ3) is 4.27. The van der Waals surface area contributed by atoms with Gasteiger partial charge in [0.1, 0.15) is 0 Å². The van der Waals surface area contributed by atoms with Crippen molar-refractivity contribution in [3.63, 3.8) is 0 Å². The minimum atomic E-state index is -8.68. The fourth-order valence-corrected chi connectivity index (χ4v) is 4.23. The van der Waals surface area contributed by atoms with Crippen molar-refractivity contribution in [2.45, 2.75) is 46.6 Å². The van der Waals surface area contributed by atoms with Gasteiger partial charge in [0, 0.05) is 0 Å². The van der Waals surface area contributed by atoms with Gasteiger partial charge in [-0.15, -0.1) is 0 Å². The van der Waals surface area contributed by atoms with E-state index in [-0.39, 0.29) is 0 Å². The quantitative estimate of drug-likeness (QED) is 0.439. The summed E-state index contributed by atoms with van der Waals surface area (Å²) in [4.78, 5) is 0. The number of halogens is 18. The Balaban J connectivity index is 6.73. The summed E-state index contributed by atoms with van der Waals surface area (Å²) in [5.74, 6) is -32.9. The van der Waals surface area contributed by atoms with E-state index in [9.17, 15) is 95.9 Å². The van der Waals surface area contributed by atoms with Crippen LogP contribution < -0.4 is 4.13 Å². The first kappa shape index (κ1) is 31.6. The molecule has 0 atom stereocenters. The molecular formula is C8HF18NO4S2. The lowest BCUT2D eigenvalue weighted by Crippen LogP contribution is -2.68. The first-order valence-electron chi connectivity index (χ1n) is 6.38. The predicted molar refractivity (Wildman–Crippen MR) is 62.8 cm³/mol. The normalized spacial score (nSPS) is 16.8. The van der Waals surface area contributed by atoms with E-state index in [0.717, 1.165) is 0 Å². The standard InChI is InChI=1S/C8HF18NO4S2/c9-1(10,5(17,18)19)3(13,14)7(23,24)32(28,29)27-33(30,31)8(25,26)4(15,16)2(11,12)6(20,21)22/h27H. The summed E-state index contributed by atoms with van der Waals surface area (Å²) in [6.07, 6.45) is -15.5. The highest BCUT2D eigenvalue weighted by Gasteiger charge is 2.88. The van der Waals surface area contributed by atoms with Gasteiger partial charge in [-0.2, -0.15) is 79.0 Å². The number of hydrogen-bond donors (Lipinski definition) is 1. The topological polar surface area (TPSA) is 80.3 Å². The highest BCUT2D eigenvalue weighted by atomic mass is 32.3. The molecule has 0 radical (unpaired) electrons. The number of hydrogen-bond acceptors (Lipinski definition) is 4. The van der Waals surface area contributed by atoms with Crippen LogP contribution in [0.1, 0.15) is 0 Å². The molecule has 0 aromatic heterocycles. The smallest absolute Gasteiger partial charge is 0.205 e. The van der Waals surface area contributed by atoms with Gasteiger partial charge in [-0.05, 0) is 0 Å². The van der Waals surface area contributed by atoms with Crippen molar-refractivity contribution in [2.24, 2.45) is 0 Å². The van der Waals surface area contributed by atoms with E-state index in [1.165, 1.54) is 0 Å². The Labute approximate surface area is 167 Å². The monoisotopic (exact) mass is 581 g/mol. The molecule has 200 valence electrons. The van der Waals surface area contributed by atoms with Crippen molar-refractivity contribution >= 4 is 20.0 Å². The SMILES string of the molecule is O=S(=O)(NS(=O)(=O)C(F)(F)C(F)(F)C(F)(F)C(F)(F)F)C(F)(F)C(F)(F)C(F)(F)C(F)(F)F. The van der Waals surface area contributed by atoms with E-state index in [1.54, 1.807) is 0 Å². The van der Waals surface area contributed by atoms with Crippen LogP contribution in [0, 0.1) is 0 Å². The Morgan fingerprint density at radius 2 is 0.545 bits per heavy atom. The Hall–Kier alpha value is -1.40. The van der Waals surface area contributed by atoms with Crippen molar-refractivity contribution in [1.29, 1.82) is 0 Å². The molecule has 0 aromatic rings. The van der Waals surface area contributed by atoms with E-state index in [4.69, 9.17) is 0 Å². The van der Waals surface area contributed by atoms with Crippen LogP contribution in [0.4, 0.5) is 79.0 Å². The second-order valence-corrected chi connectivity index (χ2v) is 9.12. The average Bonchev–Trinajstić information content (AvgIpc) is 2.50. The molecule has 5 nitrogen and oxygen atoms in total. The summed E-state index contributed by atoms with van der Waals surface area (Å²) in [6.45, 7) is 0. The van der Waals surface area contributed by atoms with Crippen LogP contribution in [-0.4, -0.2) is 63.4 Å². The summed E-state index contributed by atoms with van der Waals surface area (Å²) in [5.41, 5.74) is 0. The highest BCUT2D eigenvalue weighted by molar-refractivity contribution is 8.05. The largest absolute Gasteiger partial charge is 0.460 e. The van der Waals surface area contributed by atoms with Crippen LogP contribution >= 0.6 is 0 Å². The first-order valence-corrected chi connectivity index (χ1v) is 9.35. The molecule has 0 rings (SSSR count). The van der Waals surface area contributed by atoms with Gasteiger partial charge in [0.25, 0.3) is 20.0 Å². The van der Waals surface area contributed by atoms with Gasteiger partial charge in [0.05, 0.1) is 0 Å². The Kier molecular flexibility index (Phi) is 7.23. The molecule has 1 N–H and O–H groups in total. The summed E-state index contributed by atoms with van der Waals surface area (Å²) in [5, 5.41) is -16.3. The van der Waals surface area contributed by atoms with Crippen molar-refractivity contribution in [2.75, 3.05) is 0 Å². The minimum absolute atomic E-state index is 1.64. The van der Waals surface area contributed by atoms with Crippen molar-refractivity contribution in [1.82, 2.24) is 4.13 Å². The van der Waals surface area contributed by atoms with Crippen LogP contribution in [-0.2, 0) is 20.0 Å². The zero-order valence-electron chi connectivity index (χ0n) is 13.8. The molecule has 0 heterocycles.